The molecule has 0 aromatic heterocycles. The van der Waals surface area contributed by atoms with Crippen LogP contribution < -0.4 is 0 Å². The predicted molar refractivity (Wildman–Crippen MR) is 78.6 cm³/mol. The van der Waals surface area contributed by atoms with E-state index in [4.69, 9.17) is 23.2 Å². The van der Waals surface area contributed by atoms with Gasteiger partial charge in [-0.15, -0.1) is 0 Å². The molecule has 2 heterocycles. The average Bonchev–Trinajstić information content (AvgIpc) is 2.65. The monoisotopic (exact) mass is 328 g/mol. The average molecular weight is 329 g/mol. The Bertz CT molecular complexity index is 579. The number of carbonyl (C=O) groups excluding carboxylic acids is 2. The minimum absolute atomic E-state index is 0.179. The smallest absolute Gasteiger partial charge is 0.262 e. The quantitative estimate of drug-likeness (QED) is 0.843. The number of likely N-dealkylation sites (tertiary alicyclic amines) is 1. The molecule has 0 unspecified atom stereocenters. The van der Waals surface area contributed by atoms with Crippen LogP contribution >= 0.6 is 23.2 Å². The van der Waals surface area contributed by atoms with Gasteiger partial charge in [0, 0.05) is 13.1 Å². The summed E-state index contributed by atoms with van der Waals surface area (Å²) in [4.78, 5) is 27.8. The molecule has 1 aromatic carbocycles. The predicted octanol–water partition coefficient (Wildman–Crippen LogP) is 2.00. The number of aliphatic hydroxyl groups excluding tert-OH is 1. The molecule has 1 aromatic rings. The van der Waals surface area contributed by atoms with Crippen LogP contribution in [0.5, 0.6) is 0 Å². The first-order valence-corrected chi connectivity index (χ1v) is 7.48. The number of imide groups is 1. The summed E-state index contributed by atoms with van der Waals surface area (Å²) in [5.74, 6) is -0.734. The number of aliphatic hydroxyl groups is 1. The highest BCUT2D eigenvalue weighted by Gasteiger charge is 2.37. The van der Waals surface area contributed by atoms with Gasteiger partial charge in [0.15, 0.2) is 0 Å². The topological polar surface area (TPSA) is 60.9 Å². The molecule has 112 valence electrons. The van der Waals surface area contributed by atoms with Gasteiger partial charge in [-0.05, 0) is 25.0 Å². The molecular weight excluding hydrogens is 315 g/mol. The molecule has 0 spiro atoms. The Morgan fingerprint density at radius 1 is 1.14 bits per heavy atom. The molecule has 5 nitrogen and oxygen atoms in total. The van der Waals surface area contributed by atoms with Crippen molar-refractivity contribution in [1.29, 1.82) is 0 Å². The number of piperidine rings is 1. The van der Waals surface area contributed by atoms with E-state index in [2.05, 4.69) is 0 Å². The summed E-state index contributed by atoms with van der Waals surface area (Å²) in [6.07, 6.45) is 1.20. The molecule has 1 N–H and O–H groups in total. The summed E-state index contributed by atoms with van der Waals surface area (Å²) >= 11 is 11.8. The fraction of sp³-hybridized carbons (Fsp3) is 0.429. The molecule has 1 fully saturated rings. The summed E-state index contributed by atoms with van der Waals surface area (Å²) in [5, 5.41) is 10.2. The first-order chi connectivity index (χ1) is 9.97. The number of β-amino-alcohol motifs (C(OH)–C–C–N with tert-alkyl or cyclic N) is 1. The molecule has 1 saturated heterocycles. The first kappa shape index (κ1) is 14.8. The zero-order chi connectivity index (χ0) is 15.1. The lowest BCUT2D eigenvalue weighted by molar-refractivity contribution is 0.0304. The molecule has 1 atom stereocenters. The van der Waals surface area contributed by atoms with E-state index in [-0.39, 0.29) is 39.7 Å². The number of nitrogens with zero attached hydrogens (tertiary/aromatic N) is 2. The van der Waals surface area contributed by atoms with Gasteiger partial charge in [-0.2, -0.15) is 0 Å². The Morgan fingerprint density at radius 2 is 1.71 bits per heavy atom. The minimum atomic E-state index is -0.405. The zero-order valence-electron chi connectivity index (χ0n) is 11.2. The molecule has 2 amide bonds. The van der Waals surface area contributed by atoms with Crippen molar-refractivity contribution >= 4 is 35.0 Å². The van der Waals surface area contributed by atoms with Crippen LogP contribution in [0.15, 0.2) is 12.1 Å². The summed E-state index contributed by atoms with van der Waals surface area (Å²) in [6, 6.07) is 2.87. The summed E-state index contributed by atoms with van der Waals surface area (Å²) in [5.41, 5.74) is 0.568. The lowest BCUT2D eigenvalue weighted by Crippen LogP contribution is -2.46. The Balaban J connectivity index is 1.83. The van der Waals surface area contributed by atoms with E-state index in [0.717, 1.165) is 19.4 Å². The molecule has 21 heavy (non-hydrogen) atoms. The second-order valence-corrected chi connectivity index (χ2v) is 6.18. The van der Waals surface area contributed by atoms with E-state index in [1.54, 1.807) is 0 Å². The van der Waals surface area contributed by atoms with Gasteiger partial charge in [-0.1, -0.05) is 23.2 Å². The van der Waals surface area contributed by atoms with E-state index in [1.165, 1.54) is 17.0 Å². The molecule has 0 radical (unpaired) electrons. The van der Waals surface area contributed by atoms with Gasteiger partial charge in [0.25, 0.3) is 11.8 Å². The lowest BCUT2D eigenvalue weighted by Gasteiger charge is -2.32. The van der Waals surface area contributed by atoms with Gasteiger partial charge in [0.1, 0.15) is 0 Å². The maximum Gasteiger partial charge on any atom is 0.262 e. The van der Waals surface area contributed by atoms with E-state index in [0.29, 0.717) is 6.54 Å². The molecule has 2 aliphatic heterocycles. The van der Waals surface area contributed by atoms with Crippen molar-refractivity contribution in [1.82, 2.24) is 9.80 Å². The first-order valence-electron chi connectivity index (χ1n) is 6.73. The second-order valence-electron chi connectivity index (χ2n) is 5.36. The third-order valence-corrected chi connectivity index (χ3v) is 4.56. The van der Waals surface area contributed by atoms with Crippen molar-refractivity contribution in [2.24, 2.45) is 0 Å². The molecule has 0 bridgehead atoms. The van der Waals surface area contributed by atoms with Crippen LogP contribution in [0.4, 0.5) is 0 Å². The van der Waals surface area contributed by atoms with Gasteiger partial charge < -0.3 is 5.11 Å². The van der Waals surface area contributed by atoms with E-state index < -0.39 is 6.10 Å². The van der Waals surface area contributed by atoms with Gasteiger partial charge in [0.2, 0.25) is 0 Å². The van der Waals surface area contributed by atoms with Crippen LogP contribution in [0, 0.1) is 0 Å². The van der Waals surface area contributed by atoms with Gasteiger partial charge in [-0.3, -0.25) is 19.4 Å². The van der Waals surface area contributed by atoms with Crippen molar-refractivity contribution in [3.8, 4) is 0 Å². The van der Waals surface area contributed by atoms with Crippen molar-refractivity contribution < 1.29 is 14.7 Å². The Hall–Kier alpha value is -1.14. The fourth-order valence-corrected chi connectivity index (χ4v) is 3.10. The summed E-state index contributed by atoms with van der Waals surface area (Å²) in [6.45, 7) is 1.40. The molecular formula is C14H14Cl2N2O3. The maximum absolute atomic E-state index is 12.3. The van der Waals surface area contributed by atoms with E-state index in [1.807, 2.05) is 4.90 Å². The third kappa shape index (κ3) is 2.66. The number of hydrogen-bond donors (Lipinski definition) is 1. The fourth-order valence-electron chi connectivity index (χ4n) is 2.77. The standard InChI is InChI=1S/C14H14Cl2N2O3/c15-11-4-9-10(5-12(11)16)14(21)18(13(9)20)7-17-3-1-2-8(19)6-17/h4-5,8,19H,1-3,6-7H2/t8-/m0/s1. The van der Waals surface area contributed by atoms with Gasteiger partial charge in [-0.25, -0.2) is 0 Å². The van der Waals surface area contributed by atoms with Crippen LogP contribution in [0.2, 0.25) is 10.0 Å². The highest BCUT2D eigenvalue weighted by atomic mass is 35.5. The molecule has 7 heteroatoms. The van der Waals surface area contributed by atoms with Crippen molar-refractivity contribution in [2.45, 2.75) is 18.9 Å². The molecule has 0 aliphatic carbocycles. The highest BCUT2D eigenvalue weighted by Crippen LogP contribution is 2.31. The van der Waals surface area contributed by atoms with Crippen LogP contribution in [-0.4, -0.2) is 52.6 Å². The van der Waals surface area contributed by atoms with Gasteiger partial charge >= 0.3 is 0 Å². The maximum atomic E-state index is 12.3. The lowest BCUT2D eigenvalue weighted by atomic mass is 10.1. The van der Waals surface area contributed by atoms with Crippen molar-refractivity contribution in [2.75, 3.05) is 19.8 Å². The van der Waals surface area contributed by atoms with E-state index in [9.17, 15) is 14.7 Å². The Kier molecular flexibility index (Phi) is 3.92. The summed E-state index contributed by atoms with van der Waals surface area (Å²) < 4.78 is 0. The molecule has 3 rings (SSSR count). The number of hydrogen-bond acceptors (Lipinski definition) is 4. The van der Waals surface area contributed by atoms with Crippen LogP contribution in [0.3, 0.4) is 0 Å². The number of amides is 2. The number of halogens is 2. The second kappa shape index (κ2) is 5.57. The highest BCUT2D eigenvalue weighted by molar-refractivity contribution is 6.43. The van der Waals surface area contributed by atoms with Crippen LogP contribution in [-0.2, 0) is 0 Å². The number of fused-ring (bicyclic) bond motifs is 1. The minimum Gasteiger partial charge on any atom is -0.392 e. The van der Waals surface area contributed by atoms with Gasteiger partial charge in [0.05, 0.1) is 33.9 Å². The van der Waals surface area contributed by atoms with E-state index >= 15 is 0 Å². The normalized spacial score (nSPS) is 22.8. The SMILES string of the molecule is O=C1c2cc(Cl)c(Cl)cc2C(=O)N1CN1CCC[C@H](O)C1. The number of carbonyl (C=O) groups is 2. The number of rotatable bonds is 2. The molecule has 2 aliphatic rings. The zero-order valence-corrected chi connectivity index (χ0v) is 12.7. The van der Waals surface area contributed by atoms with Crippen LogP contribution in [0.1, 0.15) is 33.6 Å². The largest absolute Gasteiger partial charge is 0.392 e. The summed E-state index contributed by atoms with van der Waals surface area (Å²) in [7, 11) is 0. The Morgan fingerprint density at radius 3 is 2.24 bits per heavy atom. The number of benzene rings is 1. The van der Waals surface area contributed by atoms with Crippen LogP contribution in [0.25, 0.3) is 0 Å². The Labute approximate surface area is 132 Å². The van der Waals surface area contributed by atoms with Crippen molar-refractivity contribution in [3.05, 3.63) is 33.3 Å². The third-order valence-electron chi connectivity index (χ3n) is 3.83. The molecule has 0 saturated carbocycles. The van der Waals surface area contributed by atoms with Crippen molar-refractivity contribution in [3.63, 3.8) is 0 Å².